The van der Waals surface area contributed by atoms with Gasteiger partial charge in [0, 0.05) is 17.5 Å². The number of imidazole rings is 1. The van der Waals surface area contributed by atoms with Crippen molar-refractivity contribution >= 4 is 17.0 Å². The van der Waals surface area contributed by atoms with Crippen LogP contribution in [0.25, 0.3) is 22.4 Å². The molecule has 0 aliphatic heterocycles. The van der Waals surface area contributed by atoms with E-state index >= 15 is 0 Å². The Balaban J connectivity index is 2.28. The maximum absolute atomic E-state index is 13.4. The molecule has 0 saturated carbocycles. The summed E-state index contributed by atoms with van der Waals surface area (Å²) in [5.41, 5.74) is 1.92. The van der Waals surface area contributed by atoms with E-state index in [2.05, 4.69) is 15.0 Å². The minimum absolute atomic E-state index is 0.163. The maximum atomic E-state index is 13.4. The van der Waals surface area contributed by atoms with Gasteiger partial charge in [-0.1, -0.05) is 0 Å². The Bertz CT molecular complexity index is 826. The number of hydrogen-bond acceptors (Lipinski definition) is 3. The minimum atomic E-state index is -1.21. The molecule has 0 amide bonds. The predicted molar refractivity (Wildman–Crippen MR) is 71.0 cm³/mol. The van der Waals surface area contributed by atoms with Gasteiger partial charge >= 0.3 is 5.97 Å². The lowest BCUT2D eigenvalue weighted by atomic mass is 10.2. The predicted octanol–water partition coefficient (Wildman–Crippen LogP) is 2.77. The van der Waals surface area contributed by atoms with E-state index in [1.165, 1.54) is 6.07 Å². The molecule has 2 N–H and O–H groups in total. The van der Waals surface area contributed by atoms with Crippen molar-refractivity contribution in [2.75, 3.05) is 0 Å². The van der Waals surface area contributed by atoms with Gasteiger partial charge in [0.05, 0.1) is 11.1 Å². The standard InChI is InChI=1S/C14H10FN3O2/c1-7-9(3-2-4-16-7)13-17-11-6-8(15)5-10(14(19)20)12(11)18-13/h2-6H,1H3,(H,17,18)(H,19,20). The number of carbonyl (C=O) groups is 1. The second kappa shape index (κ2) is 4.41. The molecule has 0 fully saturated rings. The van der Waals surface area contributed by atoms with Crippen LogP contribution in [0.4, 0.5) is 4.39 Å². The zero-order chi connectivity index (χ0) is 14.3. The summed E-state index contributed by atoms with van der Waals surface area (Å²) in [5, 5.41) is 9.11. The molecule has 2 heterocycles. The fourth-order valence-corrected chi connectivity index (χ4v) is 2.11. The Morgan fingerprint density at radius 1 is 1.40 bits per heavy atom. The number of halogens is 1. The number of rotatable bonds is 2. The number of aromatic nitrogens is 3. The van der Waals surface area contributed by atoms with Crippen molar-refractivity contribution in [3.8, 4) is 11.4 Å². The number of aryl methyl sites for hydroxylation is 1. The summed E-state index contributed by atoms with van der Waals surface area (Å²) in [6, 6.07) is 5.76. The van der Waals surface area contributed by atoms with Crippen LogP contribution in [0.2, 0.25) is 0 Å². The van der Waals surface area contributed by atoms with Crippen LogP contribution in [-0.4, -0.2) is 26.0 Å². The lowest BCUT2D eigenvalue weighted by Crippen LogP contribution is -1.98. The average Bonchev–Trinajstić information content (AvgIpc) is 2.81. The topological polar surface area (TPSA) is 78.9 Å². The highest BCUT2D eigenvalue weighted by Crippen LogP contribution is 2.25. The highest BCUT2D eigenvalue weighted by molar-refractivity contribution is 6.01. The number of aromatic amines is 1. The van der Waals surface area contributed by atoms with E-state index in [1.54, 1.807) is 12.3 Å². The summed E-state index contributed by atoms with van der Waals surface area (Å²) in [6.45, 7) is 1.82. The van der Waals surface area contributed by atoms with Gasteiger partial charge in [-0.25, -0.2) is 14.2 Å². The van der Waals surface area contributed by atoms with Crippen molar-refractivity contribution in [3.05, 3.63) is 47.5 Å². The van der Waals surface area contributed by atoms with Gasteiger partial charge in [0.25, 0.3) is 0 Å². The van der Waals surface area contributed by atoms with E-state index in [-0.39, 0.29) is 11.1 Å². The van der Waals surface area contributed by atoms with Crippen molar-refractivity contribution in [1.82, 2.24) is 15.0 Å². The Kier molecular flexibility index (Phi) is 2.71. The number of nitrogens with zero attached hydrogens (tertiary/aromatic N) is 2. The van der Waals surface area contributed by atoms with Gasteiger partial charge in [-0.3, -0.25) is 4.98 Å². The second-order valence-electron chi connectivity index (χ2n) is 4.38. The van der Waals surface area contributed by atoms with Gasteiger partial charge in [0.1, 0.15) is 17.2 Å². The quantitative estimate of drug-likeness (QED) is 0.751. The van der Waals surface area contributed by atoms with Crippen LogP contribution in [-0.2, 0) is 0 Å². The molecule has 100 valence electrons. The zero-order valence-electron chi connectivity index (χ0n) is 10.5. The van der Waals surface area contributed by atoms with Crippen LogP contribution in [0.1, 0.15) is 16.1 Å². The summed E-state index contributed by atoms with van der Waals surface area (Å²) in [6.07, 6.45) is 1.66. The van der Waals surface area contributed by atoms with E-state index < -0.39 is 11.8 Å². The van der Waals surface area contributed by atoms with E-state index in [4.69, 9.17) is 5.11 Å². The fraction of sp³-hybridized carbons (Fsp3) is 0.0714. The van der Waals surface area contributed by atoms with Crippen molar-refractivity contribution in [2.45, 2.75) is 6.92 Å². The van der Waals surface area contributed by atoms with E-state index in [0.717, 1.165) is 17.3 Å². The second-order valence-corrected chi connectivity index (χ2v) is 4.38. The van der Waals surface area contributed by atoms with Crippen LogP contribution in [0.5, 0.6) is 0 Å². The number of nitrogens with one attached hydrogen (secondary N) is 1. The molecule has 0 unspecified atom stereocenters. The van der Waals surface area contributed by atoms with Gasteiger partial charge in [0.2, 0.25) is 0 Å². The van der Waals surface area contributed by atoms with Crippen LogP contribution in [0, 0.1) is 12.7 Å². The molecule has 0 radical (unpaired) electrons. The monoisotopic (exact) mass is 271 g/mol. The third-order valence-electron chi connectivity index (χ3n) is 3.04. The Labute approximate surface area is 113 Å². The van der Waals surface area contributed by atoms with Crippen molar-refractivity contribution in [3.63, 3.8) is 0 Å². The number of aromatic carboxylic acids is 1. The lowest BCUT2D eigenvalue weighted by molar-refractivity contribution is 0.0698. The number of pyridine rings is 1. The first-order chi connectivity index (χ1) is 9.56. The third-order valence-corrected chi connectivity index (χ3v) is 3.04. The molecule has 3 aromatic rings. The zero-order valence-corrected chi connectivity index (χ0v) is 10.5. The molecule has 1 aromatic carbocycles. The van der Waals surface area contributed by atoms with Crippen molar-refractivity contribution in [1.29, 1.82) is 0 Å². The van der Waals surface area contributed by atoms with E-state index in [9.17, 15) is 9.18 Å². The molecule has 6 heteroatoms. The maximum Gasteiger partial charge on any atom is 0.338 e. The molecule has 5 nitrogen and oxygen atoms in total. The lowest BCUT2D eigenvalue weighted by Gasteiger charge is -1.99. The molecule has 3 rings (SSSR count). The number of carboxylic acid groups (broad SMARTS) is 1. The molecular weight excluding hydrogens is 261 g/mol. The van der Waals surface area contributed by atoms with E-state index in [0.29, 0.717) is 11.3 Å². The number of carboxylic acids is 1. The Morgan fingerprint density at radius 3 is 2.90 bits per heavy atom. The van der Waals surface area contributed by atoms with Gasteiger partial charge in [-0.15, -0.1) is 0 Å². The molecule has 0 atom stereocenters. The third kappa shape index (κ3) is 1.91. The van der Waals surface area contributed by atoms with Gasteiger partial charge in [0.15, 0.2) is 0 Å². The highest BCUT2D eigenvalue weighted by atomic mass is 19.1. The molecule has 0 spiro atoms. The smallest absolute Gasteiger partial charge is 0.338 e. The minimum Gasteiger partial charge on any atom is -0.478 e. The normalized spacial score (nSPS) is 10.9. The molecule has 2 aromatic heterocycles. The molecule has 0 saturated heterocycles. The summed E-state index contributed by atoms with van der Waals surface area (Å²) < 4.78 is 13.4. The molecule has 0 bridgehead atoms. The number of fused-ring (bicyclic) bond motifs is 1. The number of benzene rings is 1. The van der Waals surface area contributed by atoms with Gasteiger partial charge in [-0.2, -0.15) is 0 Å². The number of hydrogen-bond donors (Lipinski definition) is 2. The van der Waals surface area contributed by atoms with Gasteiger partial charge < -0.3 is 10.1 Å². The first-order valence-electron chi connectivity index (χ1n) is 5.91. The highest BCUT2D eigenvalue weighted by Gasteiger charge is 2.16. The van der Waals surface area contributed by atoms with Crippen molar-refractivity contribution < 1.29 is 14.3 Å². The first kappa shape index (κ1) is 12.3. The van der Waals surface area contributed by atoms with Crippen LogP contribution in [0.15, 0.2) is 30.5 Å². The van der Waals surface area contributed by atoms with Crippen LogP contribution < -0.4 is 0 Å². The summed E-state index contributed by atoms with van der Waals surface area (Å²) in [4.78, 5) is 22.5. The average molecular weight is 271 g/mol. The molecular formula is C14H10FN3O2. The largest absolute Gasteiger partial charge is 0.478 e. The summed E-state index contributed by atoms with van der Waals surface area (Å²) in [7, 11) is 0. The SMILES string of the molecule is Cc1ncccc1-c1nc2c(C(=O)O)cc(F)cc2[nH]1. The summed E-state index contributed by atoms with van der Waals surface area (Å²) >= 11 is 0. The Hall–Kier alpha value is -2.76. The first-order valence-corrected chi connectivity index (χ1v) is 5.91. The fourth-order valence-electron chi connectivity index (χ4n) is 2.11. The van der Waals surface area contributed by atoms with Gasteiger partial charge in [-0.05, 0) is 31.2 Å². The van der Waals surface area contributed by atoms with Crippen LogP contribution in [0.3, 0.4) is 0 Å². The molecule has 0 aliphatic carbocycles. The van der Waals surface area contributed by atoms with Crippen molar-refractivity contribution in [2.24, 2.45) is 0 Å². The Morgan fingerprint density at radius 2 is 2.20 bits per heavy atom. The molecule has 0 aliphatic rings. The van der Waals surface area contributed by atoms with E-state index in [1.807, 2.05) is 13.0 Å². The summed E-state index contributed by atoms with van der Waals surface area (Å²) in [5.74, 6) is -1.36. The van der Waals surface area contributed by atoms with Crippen LogP contribution >= 0.6 is 0 Å². The number of H-pyrrole nitrogens is 1. The molecule has 20 heavy (non-hydrogen) atoms.